The van der Waals surface area contributed by atoms with E-state index in [0.29, 0.717) is 12.3 Å². The van der Waals surface area contributed by atoms with Gasteiger partial charge >= 0.3 is 0 Å². The second kappa shape index (κ2) is 6.28. The molecule has 0 bridgehead atoms. The Morgan fingerprint density at radius 1 is 1.30 bits per heavy atom. The van der Waals surface area contributed by atoms with Gasteiger partial charge in [-0.1, -0.05) is 6.07 Å². The topological polar surface area (TPSA) is 51.5 Å². The molecule has 1 heterocycles. The lowest BCUT2D eigenvalue weighted by atomic mass is 10.1. The van der Waals surface area contributed by atoms with Crippen LogP contribution < -0.4 is 10.1 Å². The molecule has 1 aromatic heterocycles. The molecule has 106 valence electrons. The molecule has 2 rings (SSSR count). The Morgan fingerprint density at radius 3 is 2.75 bits per heavy atom. The average Bonchev–Trinajstić information content (AvgIpc) is 2.93. The lowest BCUT2D eigenvalue weighted by Gasteiger charge is -2.15. The molecule has 1 N–H and O–H groups in total. The molecule has 0 saturated carbocycles. The summed E-state index contributed by atoms with van der Waals surface area (Å²) in [5, 5.41) is 2.77. The Balaban J connectivity index is 1.88. The van der Waals surface area contributed by atoms with Gasteiger partial charge in [-0.3, -0.25) is 4.79 Å². The van der Waals surface area contributed by atoms with Gasteiger partial charge in [0, 0.05) is 0 Å². The third kappa shape index (κ3) is 3.63. The molecule has 2 aromatic rings. The SMILES string of the molecule is Cc1ccc(O[C@H](C)C(=O)NCc2ccco2)cc1C. The molecule has 0 fully saturated rings. The number of carbonyl (C=O) groups excluding carboxylic acids is 1. The largest absolute Gasteiger partial charge is 0.481 e. The van der Waals surface area contributed by atoms with Crippen molar-refractivity contribution in [2.24, 2.45) is 0 Å². The van der Waals surface area contributed by atoms with Crippen LogP contribution in [0, 0.1) is 13.8 Å². The number of aryl methyl sites for hydroxylation is 2. The summed E-state index contributed by atoms with van der Waals surface area (Å²) in [4.78, 5) is 11.9. The van der Waals surface area contributed by atoms with E-state index in [9.17, 15) is 4.79 Å². The van der Waals surface area contributed by atoms with Crippen LogP contribution in [0.2, 0.25) is 0 Å². The average molecular weight is 273 g/mol. The predicted molar refractivity (Wildman–Crippen MR) is 76.6 cm³/mol. The highest BCUT2D eigenvalue weighted by molar-refractivity contribution is 5.80. The minimum Gasteiger partial charge on any atom is -0.481 e. The van der Waals surface area contributed by atoms with Crippen molar-refractivity contribution in [1.29, 1.82) is 0 Å². The quantitative estimate of drug-likeness (QED) is 0.911. The molecular weight excluding hydrogens is 254 g/mol. The summed E-state index contributed by atoms with van der Waals surface area (Å²) in [5.74, 6) is 1.25. The zero-order valence-corrected chi connectivity index (χ0v) is 12.0. The number of benzene rings is 1. The van der Waals surface area contributed by atoms with Gasteiger partial charge in [0.15, 0.2) is 6.10 Å². The molecule has 0 spiro atoms. The Labute approximate surface area is 118 Å². The maximum Gasteiger partial charge on any atom is 0.261 e. The fraction of sp³-hybridized carbons (Fsp3) is 0.312. The highest BCUT2D eigenvalue weighted by Gasteiger charge is 2.14. The zero-order valence-electron chi connectivity index (χ0n) is 12.0. The van der Waals surface area contributed by atoms with Crippen LogP contribution in [-0.2, 0) is 11.3 Å². The Hall–Kier alpha value is -2.23. The number of nitrogens with one attached hydrogen (secondary N) is 1. The summed E-state index contributed by atoms with van der Waals surface area (Å²) in [6.07, 6.45) is 1.03. The van der Waals surface area contributed by atoms with E-state index in [0.717, 1.165) is 11.3 Å². The van der Waals surface area contributed by atoms with Crippen molar-refractivity contribution >= 4 is 5.91 Å². The van der Waals surface area contributed by atoms with Crippen LogP contribution in [0.3, 0.4) is 0 Å². The van der Waals surface area contributed by atoms with E-state index in [1.54, 1.807) is 19.3 Å². The maximum absolute atomic E-state index is 11.9. The van der Waals surface area contributed by atoms with Crippen LogP contribution >= 0.6 is 0 Å². The van der Waals surface area contributed by atoms with Crippen LogP contribution in [0.5, 0.6) is 5.75 Å². The van der Waals surface area contributed by atoms with Crippen LogP contribution in [-0.4, -0.2) is 12.0 Å². The van der Waals surface area contributed by atoms with Gasteiger partial charge in [-0.15, -0.1) is 0 Å². The molecule has 0 unspecified atom stereocenters. The zero-order chi connectivity index (χ0) is 14.5. The smallest absolute Gasteiger partial charge is 0.261 e. The van der Waals surface area contributed by atoms with Crippen LogP contribution in [0.25, 0.3) is 0 Å². The van der Waals surface area contributed by atoms with E-state index in [1.165, 1.54) is 5.56 Å². The lowest BCUT2D eigenvalue weighted by Crippen LogP contribution is -2.35. The molecule has 4 heteroatoms. The third-order valence-corrected chi connectivity index (χ3v) is 3.18. The molecule has 1 aromatic carbocycles. The van der Waals surface area contributed by atoms with Crippen LogP contribution in [0.4, 0.5) is 0 Å². The second-order valence-corrected chi connectivity index (χ2v) is 4.80. The van der Waals surface area contributed by atoms with Gasteiger partial charge in [0.25, 0.3) is 5.91 Å². The van der Waals surface area contributed by atoms with Gasteiger partial charge < -0.3 is 14.5 Å². The number of furan rings is 1. The van der Waals surface area contributed by atoms with Gasteiger partial charge in [-0.05, 0) is 56.2 Å². The molecule has 0 aliphatic heterocycles. The molecule has 1 atom stereocenters. The highest BCUT2D eigenvalue weighted by atomic mass is 16.5. The Morgan fingerprint density at radius 2 is 2.10 bits per heavy atom. The van der Waals surface area contributed by atoms with E-state index < -0.39 is 6.10 Å². The molecular formula is C16H19NO3. The summed E-state index contributed by atoms with van der Waals surface area (Å²) < 4.78 is 10.8. The van der Waals surface area contributed by atoms with Gasteiger partial charge in [-0.25, -0.2) is 0 Å². The summed E-state index contributed by atoms with van der Waals surface area (Å²) in [6, 6.07) is 9.40. The summed E-state index contributed by atoms with van der Waals surface area (Å²) in [7, 11) is 0. The van der Waals surface area contributed by atoms with Crippen molar-refractivity contribution in [2.75, 3.05) is 0 Å². The first-order valence-electron chi connectivity index (χ1n) is 6.60. The standard InChI is InChI=1S/C16H19NO3/c1-11-6-7-14(9-12(11)2)20-13(3)16(18)17-10-15-5-4-8-19-15/h4-9,13H,10H2,1-3H3,(H,17,18)/t13-/m1/s1. The number of hydrogen-bond donors (Lipinski definition) is 1. The first-order valence-corrected chi connectivity index (χ1v) is 6.60. The van der Waals surface area contributed by atoms with Crippen LogP contribution in [0.1, 0.15) is 23.8 Å². The molecule has 0 saturated heterocycles. The van der Waals surface area contributed by atoms with Crippen molar-refractivity contribution < 1.29 is 13.9 Å². The van der Waals surface area contributed by atoms with Crippen molar-refractivity contribution in [3.05, 3.63) is 53.5 Å². The van der Waals surface area contributed by atoms with Crippen molar-refractivity contribution in [2.45, 2.75) is 33.4 Å². The van der Waals surface area contributed by atoms with E-state index in [4.69, 9.17) is 9.15 Å². The summed E-state index contributed by atoms with van der Waals surface area (Å²) in [5.41, 5.74) is 2.35. The third-order valence-electron chi connectivity index (χ3n) is 3.18. The molecule has 0 radical (unpaired) electrons. The number of amides is 1. The number of ether oxygens (including phenoxy) is 1. The highest BCUT2D eigenvalue weighted by Crippen LogP contribution is 2.17. The monoisotopic (exact) mass is 273 g/mol. The molecule has 20 heavy (non-hydrogen) atoms. The molecule has 1 amide bonds. The Kier molecular flexibility index (Phi) is 4.45. The van der Waals surface area contributed by atoms with Crippen molar-refractivity contribution in [1.82, 2.24) is 5.32 Å². The van der Waals surface area contributed by atoms with Gasteiger partial charge in [-0.2, -0.15) is 0 Å². The Bertz CT molecular complexity index is 575. The molecule has 0 aliphatic carbocycles. The minimum absolute atomic E-state index is 0.167. The number of hydrogen-bond acceptors (Lipinski definition) is 3. The second-order valence-electron chi connectivity index (χ2n) is 4.80. The first kappa shape index (κ1) is 14.2. The number of carbonyl (C=O) groups is 1. The van der Waals surface area contributed by atoms with Gasteiger partial charge in [0.1, 0.15) is 11.5 Å². The summed E-state index contributed by atoms with van der Waals surface area (Å²) >= 11 is 0. The van der Waals surface area contributed by atoms with Crippen molar-refractivity contribution in [3.8, 4) is 5.75 Å². The van der Waals surface area contributed by atoms with E-state index in [1.807, 2.05) is 38.1 Å². The van der Waals surface area contributed by atoms with Crippen LogP contribution in [0.15, 0.2) is 41.0 Å². The molecule has 0 aliphatic rings. The van der Waals surface area contributed by atoms with Crippen molar-refractivity contribution in [3.63, 3.8) is 0 Å². The maximum atomic E-state index is 11.9. The minimum atomic E-state index is -0.549. The van der Waals surface area contributed by atoms with E-state index >= 15 is 0 Å². The fourth-order valence-corrected chi connectivity index (χ4v) is 1.78. The van der Waals surface area contributed by atoms with Gasteiger partial charge in [0.2, 0.25) is 0 Å². The molecule has 4 nitrogen and oxygen atoms in total. The predicted octanol–water partition coefficient (Wildman–Crippen LogP) is 2.98. The first-order chi connectivity index (χ1) is 9.56. The summed E-state index contributed by atoms with van der Waals surface area (Å²) in [6.45, 7) is 6.15. The van der Waals surface area contributed by atoms with E-state index in [2.05, 4.69) is 5.32 Å². The van der Waals surface area contributed by atoms with E-state index in [-0.39, 0.29) is 5.91 Å². The number of rotatable bonds is 5. The fourth-order valence-electron chi connectivity index (χ4n) is 1.78. The normalized spacial score (nSPS) is 11.9. The van der Waals surface area contributed by atoms with Gasteiger partial charge in [0.05, 0.1) is 12.8 Å². The lowest BCUT2D eigenvalue weighted by molar-refractivity contribution is -0.127.